The van der Waals surface area contributed by atoms with Crippen molar-refractivity contribution in [2.24, 2.45) is 0 Å². The van der Waals surface area contributed by atoms with Crippen LogP contribution in [0.4, 0.5) is 0 Å². The molecule has 5 heteroatoms. The average Bonchev–Trinajstić information content (AvgIpc) is 2.70. The van der Waals surface area contributed by atoms with E-state index in [1.807, 2.05) is 48.2 Å². The number of hydrogen-bond acceptors (Lipinski definition) is 4. The summed E-state index contributed by atoms with van der Waals surface area (Å²) in [5, 5.41) is 6.64. The molecule has 4 nitrogen and oxygen atoms in total. The van der Waals surface area contributed by atoms with E-state index in [-0.39, 0.29) is 11.9 Å². The Kier molecular flexibility index (Phi) is 5.18. The Labute approximate surface area is 158 Å². The lowest BCUT2D eigenvalue weighted by Gasteiger charge is -2.38. The number of amides is 1. The molecule has 1 fully saturated rings. The number of thioether (sulfide) groups is 1. The fourth-order valence-electron chi connectivity index (χ4n) is 3.70. The van der Waals surface area contributed by atoms with Gasteiger partial charge in [0.05, 0.1) is 6.04 Å². The molecular weight excluding hydrogens is 344 g/mol. The zero-order chi connectivity index (χ0) is 17.8. The molecule has 0 aromatic heterocycles. The first-order chi connectivity index (χ1) is 12.8. The van der Waals surface area contributed by atoms with E-state index >= 15 is 0 Å². The maximum Gasteiger partial charge on any atom is 0.264 e. The molecule has 1 atom stereocenters. The van der Waals surface area contributed by atoms with Crippen LogP contribution in [0.1, 0.15) is 30.9 Å². The van der Waals surface area contributed by atoms with Crippen LogP contribution in [0, 0.1) is 0 Å². The quantitative estimate of drug-likeness (QED) is 0.867. The highest BCUT2D eigenvalue weighted by Gasteiger charge is 2.43. The summed E-state index contributed by atoms with van der Waals surface area (Å²) >= 11 is 1.86. The summed E-state index contributed by atoms with van der Waals surface area (Å²) in [5.74, 6) is 1.79. The third-order valence-corrected chi connectivity index (χ3v) is 6.27. The lowest BCUT2D eigenvalue weighted by atomic mass is 9.90. The van der Waals surface area contributed by atoms with Gasteiger partial charge < -0.3 is 15.4 Å². The third-order valence-electron chi connectivity index (χ3n) is 5.15. The van der Waals surface area contributed by atoms with Gasteiger partial charge in [-0.05, 0) is 43.3 Å². The Morgan fingerprint density at radius 3 is 2.62 bits per heavy atom. The maximum absolute atomic E-state index is 13.3. The minimum Gasteiger partial charge on any atom is -0.477 e. The monoisotopic (exact) mass is 368 g/mol. The molecule has 2 aromatic rings. The molecule has 2 aliphatic heterocycles. The van der Waals surface area contributed by atoms with E-state index in [1.54, 1.807) is 0 Å². The van der Waals surface area contributed by atoms with Crippen molar-refractivity contribution in [3.8, 4) is 5.75 Å². The highest BCUT2D eigenvalue weighted by molar-refractivity contribution is 7.99. The van der Waals surface area contributed by atoms with Crippen LogP contribution in [0.3, 0.4) is 0 Å². The van der Waals surface area contributed by atoms with E-state index in [4.69, 9.17) is 4.74 Å². The van der Waals surface area contributed by atoms with Gasteiger partial charge in [0, 0.05) is 23.5 Å². The Balaban J connectivity index is 1.56. The van der Waals surface area contributed by atoms with Crippen molar-refractivity contribution in [2.75, 3.05) is 18.8 Å². The van der Waals surface area contributed by atoms with Crippen molar-refractivity contribution in [3.05, 3.63) is 60.2 Å². The first kappa shape index (κ1) is 17.4. The molecule has 1 amide bonds. The van der Waals surface area contributed by atoms with Crippen molar-refractivity contribution >= 4 is 17.7 Å². The second-order valence-corrected chi connectivity index (χ2v) is 8.00. The Morgan fingerprint density at radius 2 is 1.81 bits per heavy atom. The van der Waals surface area contributed by atoms with Crippen LogP contribution in [0.15, 0.2) is 59.5 Å². The average molecular weight is 369 g/mol. The number of fused-ring (bicyclic) bond motifs is 1. The van der Waals surface area contributed by atoms with Crippen molar-refractivity contribution in [3.63, 3.8) is 0 Å². The molecule has 2 heterocycles. The number of para-hydroxylation sites is 1. The van der Waals surface area contributed by atoms with E-state index < -0.39 is 5.60 Å². The molecule has 2 N–H and O–H groups in total. The normalized spacial score (nSPS) is 21.5. The van der Waals surface area contributed by atoms with Gasteiger partial charge in [-0.2, -0.15) is 0 Å². The van der Waals surface area contributed by atoms with Gasteiger partial charge in [0.25, 0.3) is 5.91 Å². The number of nitrogens with one attached hydrogen (secondary N) is 2. The molecule has 0 radical (unpaired) electrons. The van der Waals surface area contributed by atoms with Crippen LogP contribution >= 0.6 is 11.8 Å². The van der Waals surface area contributed by atoms with Crippen LogP contribution in [0.25, 0.3) is 0 Å². The maximum atomic E-state index is 13.3. The molecule has 0 bridgehead atoms. The molecule has 2 aliphatic rings. The van der Waals surface area contributed by atoms with E-state index in [2.05, 4.69) is 28.8 Å². The lowest BCUT2D eigenvalue weighted by Crippen LogP contribution is -2.57. The molecule has 0 saturated carbocycles. The topological polar surface area (TPSA) is 50.4 Å². The van der Waals surface area contributed by atoms with E-state index in [1.165, 1.54) is 10.5 Å². The van der Waals surface area contributed by atoms with Gasteiger partial charge in [0.2, 0.25) is 0 Å². The highest BCUT2D eigenvalue weighted by Crippen LogP contribution is 2.37. The predicted octanol–water partition coefficient (Wildman–Crippen LogP) is 3.54. The number of piperidine rings is 1. The zero-order valence-electron chi connectivity index (χ0n) is 14.7. The fraction of sp³-hybridized carbons (Fsp3) is 0.381. The molecule has 4 rings (SSSR count). The van der Waals surface area contributed by atoms with Crippen LogP contribution in [0.2, 0.25) is 0 Å². The first-order valence-electron chi connectivity index (χ1n) is 9.24. The SMILES string of the molecule is O=C(NC1CCSc2ccccc21)C1(Oc2ccccc2)CCNCC1. The summed E-state index contributed by atoms with van der Waals surface area (Å²) < 4.78 is 6.28. The third kappa shape index (κ3) is 3.60. The number of benzene rings is 2. The number of ether oxygens (including phenoxy) is 1. The minimum atomic E-state index is -0.799. The Bertz CT molecular complexity index is 760. The molecule has 0 aliphatic carbocycles. The van der Waals surface area contributed by atoms with Gasteiger partial charge in [-0.25, -0.2) is 0 Å². The van der Waals surface area contributed by atoms with Crippen LogP contribution in [-0.4, -0.2) is 30.4 Å². The Morgan fingerprint density at radius 1 is 1.08 bits per heavy atom. The standard InChI is InChI=1S/C21H24N2O2S/c24-20(23-18-10-15-26-19-9-5-4-8-17(18)19)21(11-13-22-14-12-21)25-16-6-2-1-3-7-16/h1-9,18,22H,10-15H2,(H,23,24). The number of hydrogen-bond donors (Lipinski definition) is 2. The number of rotatable bonds is 4. The van der Waals surface area contributed by atoms with E-state index in [0.717, 1.165) is 31.0 Å². The lowest BCUT2D eigenvalue weighted by molar-refractivity contribution is -0.140. The van der Waals surface area contributed by atoms with Gasteiger partial charge >= 0.3 is 0 Å². The number of carbonyl (C=O) groups excluding carboxylic acids is 1. The second kappa shape index (κ2) is 7.72. The van der Waals surface area contributed by atoms with Gasteiger partial charge in [-0.1, -0.05) is 36.4 Å². The van der Waals surface area contributed by atoms with Crippen molar-refractivity contribution < 1.29 is 9.53 Å². The van der Waals surface area contributed by atoms with E-state index in [0.29, 0.717) is 12.8 Å². The van der Waals surface area contributed by atoms with Crippen LogP contribution in [0.5, 0.6) is 5.75 Å². The summed E-state index contributed by atoms with van der Waals surface area (Å²) in [6, 6.07) is 18.1. The first-order valence-corrected chi connectivity index (χ1v) is 10.2. The molecule has 2 aromatic carbocycles. The van der Waals surface area contributed by atoms with Gasteiger partial charge in [0.15, 0.2) is 5.60 Å². The predicted molar refractivity (Wildman–Crippen MR) is 105 cm³/mol. The summed E-state index contributed by atoms with van der Waals surface area (Å²) in [6.45, 7) is 1.58. The van der Waals surface area contributed by atoms with Gasteiger partial charge in [-0.15, -0.1) is 11.8 Å². The fourth-order valence-corrected chi connectivity index (χ4v) is 4.83. The molecule has 0 spiro atoms. The second-order valence-electron chi connectivity index (χ2n) is 6.86. The van der Waals surface area contributed by atoms with E-state index in [9.17, 15) is 4.79 Å². The largest absolute Gasteiger partial charge is 0.477 e. The van der Waals surface area contributed by atoms with Crippen molar-refractivity contribution in [2.45, 2.75) is 35.8 Å². The summed E-state index contributed by atoms with van der Waals surface area (Å²) in [4.78, 5) is 14.6. The number of carbonyl (C=O) groups is 1. The minimum absolute atomic E-state index is 0.00885. The zero-order valence-corrected chi connectivity index (χ0v) is 15.6. The summed E-state index contributed by atoms with van der Waals surface area (Å²) in [6.07, 6.45) is 2.31. The van der Waals surface area contributed by atoms with Crippen LogP contribution in [-0.2, 0) is 4.79 Å². The highest BCUT2D eigenvalue weighted by atomic mass is 32.2. The van der Waals surface area contributed by atoms with Crippen LogP contribution < -0.4 is 15.4 Å². The molecular formula is C21H24N2O2S. The Hall–Kier alpha value is -1.98. The van der Waals surface area contributed by atoms with Crippen molar-refractivity contribution in [1.29, 1.82) is 0 Å². The smallest absolute Gasteiger partial charge is 0.264 e. The summed E-state index contributed by atoms with van der Waals surface area (Å²) in [7, 11) is 0. The van der Waals surface area contributed by atoms with Gasteiger partial charge in [-0.3, -0.25) is 4.79 Å². The molecule has 136 valence electrons. The van der Waals surface area contributed by atoms with Gasteiger partial charge in [0.1, 0.15) is 5.75 Å². The molecule has 1 unspecified atom stereocenters. The summed E-state index contributed by atoms with van der Waals surface area (Å²) in [5.41, 5.74) is 0.424. The molecule has 1 saturated heterocycles. The molecule has 26 heavy (non-hydrogen) atoms. The van der Waals surface area contributed by atoms with Crippen molar-refractivity contribution in [1.82, 2.24) is 10.6 Å².